The molecule has 0 bridgehead atoms. The van der Waals surface area contributed by atoms with E-state index in [4.69, 9.17) is 4.52 Å². The fourth-order valence-electron chi connectivity index (χ4n) is 4.49. The third-order valence-electron chi connectivity index (χ3n) is 6.03. The van der Waals surface area contributed by atoms with Crippen LogP contribution in [0.2, 0.25) is 0 Å². The minimum absolute atomic E-state index is 0.139. The molecule has 6 nitrogen and oxygen atoms in total. The van der Waals surface area contributed by atoms with Gasteiger partial charge < -0.3 is 9.42 Å². The number of rotatable bonds is 4. The first-order valence-corrected chi connectivity index (χ1v) is 9.81. The Morgan fingerprint density at radius 3 is 2.93 bits per heavy atom. The number of hydrogen-bond donors (Lipinski definition) is 2. The number of amides is 1. The zero-order valence-corrected chi connectivity index (χ0v) is 16.3. The molecule has 2 N–H and O–H groups in total. The van der Waals surface area contributed by atoms with Crippen LogP contribution in [-0.4, -0.2) is 41.1 Å². The summed E-state index contributed by atoms with van der Waals surface area (Å²) in [5.74, 6) is 1.33. The molecule has 0 radical (unpaired) electrons. The normalized spacial score (nSPS) is 25.3. The summed E-state index contributed by atoms with van der Waals surface area (Å²) in [6.07, 6.45) is 2.52. The van der Waals surface area contributed by atoms with Crippen molar-refractivity contribution in [1.29, 1.82) is 0 Å². The maximum atomic E-state index is 13.0. The molecule has 3 heterocycles. The lowest BCUT2D eigenvalue weighted by molar-refractivity contribution is -0.131. The Bertz CT molecular complexity index is 831. The van der Waals surface area contributed by atoms with Crippen molar-refractivity contribution in [3.8, 4) is 0 Å². The number of aromatic nitrogens is 1. The van der Waals surface area contributed by atoms with E-state index in [0.29, 0.717) is 6.42 Å². The van der Waals surface area contributed by atoms with Crippen molar-refractivity contribution in [2.75, 3.05) is 13.1 Å². The van der Waals surface area contributed by atoms with Gasteiger partial charge in [0.2, 0.25) is 5.91 Å². The molecule has 2 aromatic rings. The highest BCUT2D eigenvalue weighted by molar-refractivity contribution is 5.79. The zero-order chi connectivity index (χ0) is 19.0. The van der Waals surface area contributed by atoms with Crippen molar-refractivity contribution in [1.82, 2.24) is 20.9 Å². The van der Waals surface area contributed by atoms with Crippen molar-refractivity contribution in [2.24, 2.45) is 0 Å². The second-order valence-corrected chi connectivity index (χ2v) is 7.88. The molecule has 2 aliphatic heterocycles. The summed E-state index contributed by atoms with van der Waals surface area (Å²) in [7, 11) is 0. The summed E-state index contributed by atoms with van der Waals surface area (Å²) in [5.41, 5.74) is 11.0. The number of likely N-dealkylation sites (tertiary alicyclic amines) is 1. The van der Waals surface area contributed by atoms with Gasteiger partial charge in [0.25, 0.3) is 0 Å². The first kappa shape index (κ1) is 18.2. The topological polar surface area (TPSA) is 70.4 Å². The lowest BCUT2D eigenvalue weighted by atomic mass is 9.89. The maximum absolute atomic E-state index is 13.0. The predicted octanol–water partition coefficient (Wildman–Crippen LogP) is 2.39. The Labute approximate surface area is 160 Å². The summed E-state index contributed by atoms with van der Waals surface area (Å²) in [5, 5.41) is 4.13. The van der Waals surface area contributed by atoms with Crippen molar-refractivity contribution in [3.63, 3.8) is 0 Å². The van der Waals surface area contributed by atoms with Crippen LogP contribution < -0.4 is 10.9 Å². The Hall–Kier alpha value is -2.18. The standard InChI is InChI=1S/C21H28N4O2/c1-13-6-4-7-16(10-13)11-19(26)25-9-5-8-18(25)20-17(12-22-23-20)21-14(2)15(3)24-27-21/h4,6-7,10,17-18,20,22-23H,5,8-9,11-12H2,1-3H3. The van der Waals surface area contributed by atoms with Gasteiger partial charge in [-0.15, -0.1) is 0 Å². The molecule has 2 aliphatic rings. The molecular weight excluding hydrogens is 340 g/mol. The highest BCUT2D eigenvalue weighted by Crippen LogP contribution is 2.33. The number of nitrogens with one attached hydrogen (secondary N) is 2. The zero-order valence-electron chi connectivity index (χ0n) is 16.3. The number of carbonyl (C=O) groups excluding carboxylic acids is 1. The summed E-state index contributed by atoms with van der Waals surface area (Å²) in [6, 6.07) is 8.53. The average Bonchev–Trinajstić information content (AvgIpc) is 3.35. The van der Waals surface area contributed by atoms with Crippen LogP contribution in [0.4, 0.5) is 0 Å². The third kappa shape index (κ3) is 3.51. The monoisotopic (exact) mass is 368 g/mol. The van der Waals surface area contributed by atoms with Gasteiger partial charge >= 0.3 is 0 Å². The molecule has 3 atom stereocenters. The van der Waals surface area contributed by atoms with Crippen LogP contribution in [0.25, 0.3) is 0 Å². The average molecular weight is 368 g/mol. The van der Waals surface area contributed by atoms with Crippen LogP contribution >= 0.6 is 0 Å². The molecule has 1 aromatic heterocycles. The van der Waals surface area contributed by atoms with E-state index in [0.717, 1.165) is 48.5 Å². The molecule has 1 amide bonds. The molecule has 0 aliphatic carbocycles. The van der Waals surface area contributed by atoms with Gasteiger partial charge in [0.05, 0.1) is 24.1 Å². The highest BCUT2D eigenvalue weighted by Gasteiger charge is 2.43. The van der Waals surface area contributed by atoms with Crippen LogP contribution in [0, 0.1) is 20.8 Å². The number of nitrogens with zero attached hydrogens (tertiary/aromatic N) is 2. The van der Waals surface area contributed by atoms with Crippen molar-refractivity contribution in [3.05, 3.63) is 52.4 Å². The number of carbonyl (C=O) groups is 1. The number of hydrogen-bond acceptors (Lipinski definition) is 5. The molecule has 4 rings (SSSR count). The van der Waals surface area contributed by atoms with Gasteiger partial charge in [-0.25, -0.2) is 0 Å². The van der Waals surface area contributed by atoms with E-state index in [1.165, 1.54) is 5.56 Å². The SMILES string of the molecule is Cc1cccc(CC(=O)N2CCCC2C2NNCC2c2onc(C)c2C)c1. The van der Waals surface area contributed by atoms with Gasteiger partial charge in [0.15, 0.2) is 0 Å². The summed E-state index contributed by atoms with van der Waals surface area (Å²) in [4.78, 5) is 15.1. The van der Waals surface area contributed by atoms with Crippen molar-refractivity contribution in [2.45, 2.75) is 58.0 Å². The third-order valence-corrected chi connectivity index (χ3v) is 6.03. The summed E-state index contributed by atoms with van der Waals surface area (Å²) < 4.78 is 5.64. The largest absolute Gasteiger partial charge is 0.360 e. The number of aryl methyl sites for hydroxylation is 2. The fourth-order valence-corrected chi connectivity index (χ4v) is 4.49. The first-order valence-electron chi connectivity index (χ1n) is 9.81. The van der Waals surface area contributed by atoms with E-state index in [9.17, 15) is 4.79 Å². The Kier molecular flexibility index (Phi) is 5.02. The van der Waals surface area contributed by atoms with Gasteiger partial charge in [-0.1, -0.05) is 35.0 Å². The summed E-state index contributed by atoms with van der Waals surface area (Å²) >= 11 is 0. The molecule has 6 heteroatoms. The Balaban J connectivity index is 1.52. The Morgan fingerprint density at radius 1 is 1.33 bits per heavy atom. The Morgan fingerprint density at radius 2 is 2.19 bits per heavy atom. The molecular formula is C21H28N4O2. The van der Waals surface area contributed by atoms with E-state index >= 15 is 0 Å². The van der Waals surface area contributed by atoms with Gasteiger partial charge in [-0.2, -0.15) is 0 Å². The molecule has 3 unspecified atom stereocenters. The predicted molar refractivity (Wildman–Crippen MR) is 103 cm³/mol. The second kappa shape index (κ2) is 7.44. The van der Waals surface area contributed by atoms with Crippen LogP contribution in [0.5, 0.6) is 0 Å². The highest BCUT2D eigenvalue weighted by atomic mass is 16.5. The first-order chi connectivity index (χ1) is 13.0. The number of benzene rings is 1. The van der Waals surface area contributed by atoms with E-state index in [1.54, 1.807) is 0 Å². The van der Waals surface area contributed by atoms with Crippen LogP contribution in [-0.2, 0) is 11.2 Å². The van der Waals surface area contributed by atoms with Crippen LogP contribution in [0.15, 0.2) is 28.8 Å². The van der Waals surface area contributed by atoms with Crippen molar-refractivity contribution < 1.29 is 9.32 Å². The fraction of sp³-hybridized carbons (Fsp3) is 0.524. The molecule has 2 saturated heterocycles. The molecule has 2 fully saturated rings. The minimum atomic E-state index is 0.139. The van der Waals surface area contributed by atoms with Crippen molar-refractivity contribution >= 4 is 5.91 Å². The lowest BCUT2D eigenvalue weighted by Gasteiger charge is -2.32. The lowest BCUT2D eigenvalue weighted by Crippen LogP contribution is -2.50. The minimum Gasteiger partial charge on any atom is -0.360 e. The number of hydrazine groups is 1. The van der Waals surface area contributed by atoms with Crippen LogP contribution in [0.3, 0.4) is 0 Å². The van der Waals surface area contributed by atoms with Gasteiger partial charge in [-0.3, -0.25) is 15.6 Å². The molecule has 27 heavy (non-hydrogen) atoms. The molecule has 0 spiro atoms. The van der Waals surface area contributed by atoms with E-state index in [1.807, 2.05) is 19.1 Å². The quantitative estimate of drug-likeness (QED) is 0.867. The molecule has 0 saturated carbocycles. The van der Waals surface area contributed by atoms with E-state index < -0.39 is 0 Å². The van der Waals surface area contributed by atoms with Gasteiger partial charge in [-0.05, 0) is 39.2 Å². The smallest absolute Gasteiger partial charge is 0.227 e. The molecule has 1 aromatic carbocycles. The second-order valence-electron chi connectivity index (χ2n) is 7.88. The van der Waals surface area contributed by atoms with E-state index in [2.05, 4.69) is 46.9 Å². The van der Waals surface area contributed by atoms with E-state index in [-0.39, 0.29) is 23.9 Å². The maximum Gasteiger partial charge on any atom is 0.227 e. The van der Waals surface area contributed by atoms with Gasteiger partial charge in [0, 0.05) is 24.7 Å². The van der Waals surface area contributed by atoms with Crippen LogP contribution in [0.1, 0.15) is 46.9 Å². The molecule has 144 valence electrons. The van der Waals surface area contributed by atoms with Gasteiger partial charge in [0.1, 0.15) is 5.76 Å². The summed E-state index contributed by atoms with van der Waals surface area (Å²) in [6.45, 7) is 7.71.